The van der Waals surface area contributed by atoms with Crippen molar-refractivity contribution < 1.29 is 18.3 Å². The van der Waals surface area contributed by atoms with Gasteiger partial charge in [-0.15, -0.1) is 0 Å². The van der Waals surface area contributed by atoms with Gasteiger partial charge in [0.1, 0.15) is 23.8 Å². The van der Waals surface area contributed by atoms with Crippen molar-refractivity contribution in [2.75, 3.05) is 0 Å². The molecule has 8 heteroatoms. The molecule has 0 saturated carbocycles. The van der Waals surface area contributed by atoms with E-state index in [1.54, 1.807) is 42.5 Å². The molecule has 3 aromatic carbocycles. The van der Waals surface area contributed by atoms with Crippen LogP contribution in [0.5, 0.6) is 5.75 Å². The largest absolute Gasteiger partial charge is 0.488 e. The average Bonchev–Trinajstić information content (AvgIpc) is 3.16. The highest BCUT2D eigenvalue weighted by molar-refractivity contribution is 14.1. The minimum Gasteiger partial charge on any atom is -0.488 e. The summed E-state index contributed by atoms with van der Waals surface area (Å²) < 4.78 is 25.4. The molecule has 1 amide bonds. The third-order valence-electron chi connectivity index (χ3n) is 4.32. The van der Waals surface area contributed by atoms with Crippen LogP contribution < -0.4 is 10.2 Å². The van der Waals surface area contributed by atoms with Crippen molar-refractivity contribution in [2.45, 2.75) is 6.61 Å². The second-order valence-electron chi connectivity index (χ2n) is 6.60. The SMILES string of the molecule is O=C(N/N=C/c1ccc(OCc2cccc(F)c2)c(I)c1)c1cc2cc(Cl)ccc2o1. The third-order valence-corrected chi connectivity index (χ3v) is 5.40. The molecule has 0 unspecified atom stereocenters. The summed E-state index contributed by atoms with van der Waals surface area (Å²) in [6.07, 6.45) is 1.52. The molecule has 4 aromatic rings. The maximum Gasteiger partial charge on any atom is 0.307 e. The third kappa shape index (κ3) is 5.42. The first kappa shape index (κ1) is 21.3. The monoisotopic (exact) mass is 548 g/mol. The van der Waals surface area contributed by atoms with Gasteiger partial charge in [0, 0.05) is 10.4 Å². The fraction of sp³-hybridized carbons (Fsp3) is 0.0435. The Morgan fingerprint density at radius 2 is 2.03 bits per heavy atom. The summed E-state index contributed by atoms with van der Waals surface area (Å²) in [5, 5.41) is 5.29. The van der Waals surface area contributed by atoms with E-state index in [1.165, 1.54) is 18.3 Å². The lowest BCUT2D eigenvalue weighted by atomic mass is 10.2. The minimum absolute atomic E-state index is 0.144. The molecule has 4 rings (SSSR count). The van der Waals surface area contributed by atoms with E-state index < -0.39 is 5.91 Å². The number of fused-ring (bicyclic) bond motifs is 1. The number of hydrogen-bond acceptors (Lipinski definition) is 4. The van der Waals surface area contributed by atoms with Crippen molar-refractivity contribution >= 4 is 57.3 Å². The molecule has 1 N–H and O–H groups in total. The van der Waals surface area contributed by atoms with Gasteiger partial charge in [0.15, 0.2) is 5.76 Å². The lowest BCUT2D eigenvalue weighted by molar-refractivity contribution is 0.0929. The van der Waals surface area contributed by atoms with Crippen LogP contribution >= 0.6 is 34.2 Å². The first-order valence-electron chi connectivity index (χ1n) is 9.17. The second kappa shape index (κ2) is 9.49. The summed E-state index contributed by atoms with van der Waals surface area (Å²) >= 11 is 8.10. The normalized spacial score (nSPS) is 11.2. The predicted octanol–water partition coefficient (Wildman–Crippen LogP) is 6.17. The van der Waals surface area contributed by atoms with Crippen molar-refractivity contribution in [3.8, 4) is 5.75 Å². The molecule has 0 radical (unpaired) electrons. The van der Waals surface area contributed by atoms with E-state index in [1.807, 2.05) is 12.1 Å². The predicted molar refractivity (Wildman–Crippen MR) is 126 cm³/mol. The maximum absolute atomic E-state index is 13.3. The number of benzene rings is 3. The zero-order valence-corrected chi connectivity index (χ0v) is 18.9. The molecular formula is C23H15ClFIN2O3. The Morgan fingerprint density at radius 1 is 1.16 bits per heavy atom. The van der Waals surface area contributed by atoms with Crippen LogP contribution in [0.25, 0.3) is 11.0 Å². The summed E-state index contributed by atoms with van der Waals surface area (Å²) in [6.45, 7) is 0.264. The zero-order valence-electron chi connectivity index (χ0n) is 15.9. The average molecular weight is 549 g/mol. The molecule has 5 nitrogen and oxygen atoms in total. The van der Waals surface area contributed by atoms with Gasteiger partial charge >= 0.3 is 5.91 Å². The standard InChI is InChI=1S/C23H15ClFIN2O3/c24-17-5-7-20-16(10-17)11-22(31-20)23(29)28-27-12-14-4-6-21(19(26)9-14)30-13-15-2-1-3-18(25)8-15/h1-12H,13H2,(H,28,29)/b27-12+. The Kier molecular flexibility index (Phi) is 6.53. The summed E-state index contributed by atoms with van der Waals surface area (Å²) in [7, 11) is 0. The molecular weight excluding hydrogens is 534 g/mol. The number of ether oxygens (including phenoxy) is 1. The number of rotatable bonds is 6. The molecule has 0 aliphatic carbocycles. The van der Waals surface area contributed by atoms with E-state index in [-0.39, 0.29) is 18.2 Å². The first-order valence-corrected chi connectivity index (χ1v) is 10.6. The first-order chi connectivity index (χ1) is 15.0. The topological polar surface area (TPSA) is 63.8 Å². The minimum atomic E-state index is -0.465. The molecule has 0 spiro atoms. The van der Waals surface area contributed by atoms with Crippen LogP contribution in [-0.4, -0.2) is 12.1 Å². The fourth-order valence-corrected chi connectivity index (χ4v) is 3.72. The van der Waals surface area contributed by atoms with Gasteiger partial charge in [-0.05, 0) is 88.3 Å². The van der Waals surface area contributed by atoms with E-state index >= 15 is 0 Å². The van der Waals surface area contributed by atoms with Crippen LogP contribution in [0.15, 0.2) is 76.2 Å². The molecule has 1 heterocycles. The molecule has 0 saturated heterocycles. The molecule has 0 atom stereocenters. The highest BCUT2D eigenvalue weighted by atomic mass is 127. The van der Waals surface area contributed by atoms with Crippen LogP contribution in [-0.2, 0) is 6.61 Å². The Balaban J connectivity index is 1.37. The molecule has 1 aromatic heterocycles. The van der Waals surface area contributed by atoms with Gasteiger partial charge in [0.05, 0.1) is 9.78 Å². The number of hydrazone groups is 1. The van der Waals surface area contributed by atoms with Crippen molar-refractivity contribution in [3.05, 3.63) is 98.0 Å². The number of nitrogens with zero attached hydrogens (tertiary/aromatic N) is 1. The summed E-state index contributed by atoms with van der Waals surface area (Å²) in [4.78, 5) is 12.3. The molecule has 0 aliphatic heterocycles. The zero-order chi connectivity index (χ0) is 21.8. The number of carbonyl (C=O) groups is 1. The van der Waals surface area contributed by atoms with E-state index in [0.29, 0.717) is 16.4 Å². The Bertz CT molecular complexity index is 1290. The summed E-state index contributed by atoms with van der Waals surface area (Å²) in [6, 6.07) is 18.5. The number of halogens is 3. The molecule has 0 fully saturated rings. The van der Waals surface area contributed by atoms with Gasteiger partial charge < -0.3 is 9.15 Å². The van der Waals surface area contributed by atoms with E-state index in [4.69, 9.17) is 20.8 Å². The number of nitrogens with one attached hydrogen (secondary N) is 1. The van der Waals surface area contributed by atoms with Crippen LogP contribution in [0, 0.1) is 9.39 Å². The van der Waals surface area contributed by atoms with Crippen molar-refractivity contribution in [2.24, 2.45) is 5.10 Å². The molecule has 0 bridgehead atoms. The van der Waals surface area contributed by atoms with Gasteiger partial charge in [-0.1, -0.05) is 23.7 Å². The van der Waals surface area contributed by atoms with E-state index in [0.717, 1.165) is 20.1 Å². The van der Waals surface area contributed by atoms with Crippen LogP contribution in [0.2, 0.25) is 5.02 Å². The highest BCUT2D eigenvalue weighted by Gasteiger charge is 2.12. The lowest BCUT2D eigenvalue weighted by Crippen LogP contribution is -2.16. The second-order valence-corrected chi connectivity index (χ2v) is 8.20. The van der Waals surface area contributed by atoms with E-state index in [2.05, 4.69) is 33.1 Å². The number of carbonyl (C=O) groups excluding carboxylic acids is 1. The van der Waals surface area contributed by atoms with Crippen molar-refractivity contribution in [1.82, 2.24) is 5.43 Å². The van der Waals surface area contributed by atoms with E-state index in [9.17, 15) is 9.18 Å². The van der Waals surface area contributed by atoms with Gasteiger partial charge in [0.2, 0.25) is 0 Å². The van der Waals surface area contributed by atoms with Crippen LogP contribution in [0.1, 0.15) is 21.7 Å². The Labute approximate surface area is 196 Å². The van der Waals surface area contributed by atoms with Gasteiger partial charge in [0.25, 0.3) is 0 Å². The fourth-order valence-electron chi connectivity index (χ4n) is 2.85. The summed E-state index contributed by atoms with van der Waals surface area (Å²) in [5.41, 5.74) is 4.54. The Morgan fingerprint density at radius 3 is 2.84 bits per heavy atom. The number of furan rings is 1. The maximum atomic E-state index is 13.3. The van der Waals surface area contributed by atoms with Crippen LogP contribution in [0.3, 0.4) is 0 Å². The summed E-state index contributed by atoms with van der Waals surface area (Å²) in [5.74, 6) is 0.0567. The quantitative estimate of drug-likeness (QED) is 0.178. The smallest absolute Gasteiger partial charge is 0.307 e. The molecule has 31 heavy (non-hydrogen) atoms. The number of amides is 1. The van der Waals surface area contributed by atoms with Gasteiger partial charge in [-0.2, -0.15) is 5.10 Å². The lowest BCUT2D eigenvalue weighted by Gasteiger charge is -2.09. The van der Waals surface area contributed by atoms with Crippen LogP contribution in [0.4, 0.5) is 4.39 Å². The molecule has 0 aliphatic rings. The molecule has 156 valence electrons. The van der Waals surface area contributed by atoms with Gasteiger partial charge in [-0.25, -0.2) is 9.82 Å². The van der Waals surface area contributed by atoms with Gasteiger partial charge in [-0.3, -0.25) is 4.79 Å². The Hall–Kier alpha value is -2.91. The number of hydrogen-bond donors (Lipinski definition) is 1. The van der Waals surface area contributed by atoms with Crippen molar-refractivity contribution in [3.63, 3.8) is 0 Å². The highest BCUT2D eigenvalue weighted by Crippen LogP contribution is 2.24. The van der Waals surface area contributed by atoms with Crippen molar-refractivity contribution in [1.29, 1.82) is 0 Å².